The Morgan fingerprint density at radius 2 is 1.76 bits per heavy atom. The summed E-state index contributed by atoms with van der Waals surface area (Å²) in [6.07, 6.45) is 8.15. The van der Waals surface area contributed by atoms with Crippen LogP contribution in [0.25, 0.3) is 10.9 Å². The Morgan fingerprint density at radius 1 is 1.03 bits per heavy atom. The van der Waals surface area contributed by atoms with Crippen LogP contribution in [0.4, 0.5) is 5.69 Å². The summed E-state index contributed by atoms with van der Waals surface area (Å²) < 4.78 is 16.9. The van der Waals surface area contributed by atoms with Gasteiger partial charge in [-0.1, -0.05) is 31.4 Å². The number of rotatable bonds is 8. The molecular weight excluding hydrogens is 510 g/mol. The third-order valence-corrected chi connectivity index (χ3v) is 7.27. The minimum Gasteiger partial charge on any atom is -0.493 e. The zero-order chi connectivity index (χ0) is 26.4. The van der Waals surface area contributed by atoms with Crippen molar-refractivity contribution in [1.82, 2.24) is 10.3 Å². The molecule has 0 bridgehead atoms. The van der Waals surface area contributed by atoms with Crippen molar-refractivity contribution >= 4 is 51.4 Å². The highest BCUT2D eigenvalue weighted by Crippen LogP contribution is 2.39. The molecule has 2 N–H and O–H groups in total. The summed E-state index contributed by atoms with van der Waals surface area (Å²) in [6.45, 7) is 2.21. The summed E-state index contributed by atoms with van der Waals surface area (Å²) in [5.74, 6) is 2.94. The molecule has 0 saturated heterocycles. The van der Waals surface area contributed by atoms with Crippen molar-refractivity contribution in [3.05, 3.63) is 47.6 Å². The summed E-state index contributed by atoms with van der Waals surface area (Å²) in [4.78, 5) is 17.1. The molecule has 1 saturated carbocycles. The number of anilines is 1. The second-order valence-corrected chi connectivity index (χ2v) is 10.0. The van der Waals surface area contributed by atoms with Gasteiger partial charge in [0.1, 0.15) is 11.5 Å². The summed E-state index contributed by atoms with van der Waals surface area (Å²) in [7, 11) is 3.16. The first-order valence-corrected chi connectivity index (χ1v) is 13.3. The molecule has 3 aromatic rings. The van der Waals surface area contributed by atoms with Crippen LogP contribution >= 0.6 is 23.8 Å². The van der Waals surface area contributed by atoms with Crippen LogP contribution in [-0.4, -0.2) is 30.2 Å². The Labute approximate surface area is 227 Å². The van der Waals surface area contributed by atoms with Crippen LogP contribution in [0.5, 0.6) is 23.0 Å². The number of thiocarbonyl (C=S) groups is 1. The van der Waals surface area contributed by atoms with Crippen LogP contribution in [0.15, 0.2) is 42.6 Å². The van der Waals surface area contributed by atoms with Crippen LogP contribution in [0.2, 0.25) is 5.02 Å². The first-order valence-electron chi connectivity index (χ1n) is 12.5. The fourth-order valence-electron chi connectivity index (χ4n) is 4.81. The number of hydrogen-bond donors (Lipinski definition) is 2. The number of nitrogens with one attached hydrogen (secondary N) is 2. The van der Waals surface area contributed by atoms with Crippen molar-refractivity contribution in [2.75, 3.05) is 19.5 Å². The lowest BCUT2D eigenvalue weighted by Crippen LogP contribution is -2.39. The van der Waals surface area contributed by atoms with Crippen LogP contribution in [0, 0.1) is 11.8 Å². The molecule has 1 fully saturated rings. The third-order valence-electron chi connectivity index (χ3n) is 6.77. The van der Waals surface area contributed by atoms with Gasteiger partial charge in [-0.25, -0.2) is 0 Å². The smallest absolute Gasteiger partial charge is 0.229 e. The van der Waals surface area contributed by atoms with Gasteiger partial charge in [-0.05, 0) is 74.2 Å². The molecule has 9 heteroatoms. The number of aromatic nitrogens is 1. The van der Waals surface area contributed by atoms with Crippen molar-refractivity contribution in [1.29, 1.82) is 0 Å². The summed E-state index contributed by atoms with van der Waals surface area (Å²) in [5.41, 5.74) is 1.35. The molecule has 7 nitrogen and oxygen atoms in total. The number of pyridine rings is 1. The maximum atomic E-state index is 12.7. The third kappa shape index (κ3) is 6.62. The molecule has 1 aliphatic carbocycles. The number of amides is 1. The van der Waals surface area contributed by atoms with Crippen LogP contribution in [0.1, 0.15) is 45.4 Å². The number of benzene rings is 2. The molecule has 37 heavy (non-hydrogen) atoms. The molecule has 0 aliphatic heterocycles. The number of carbonyl (C=O) groups excluding carboxylic acids is 1. The van der Waals surface area contributed by atoms with E-state index in [4.69, 9.17) is 38.0 Å². The standard InChI is InChI=1S/C28H32ClN3O4S/c1-4-5-17-6-8-18(9-7-17)27(33)32-28(37)31-19-10-11-24(21(29)14-19)36-23-12-13-30-22-16-26(35-3)25(34-2)15-20(22)23/h10-18H,4-9H2,1-3H3,(H2,31,32,33,37). The fraction of sp³-hybridized carbons (Fsp3) is 0.393. The van der Waals surface area contributed by atoms with Gasteiger partial charge < -0.3 is 24.8 Å². The highest BCUT2D eigenvalue weighted by atomic mass is 35.5. The van der Waals surface area contributed by atoms with E-state index in [-0.39, 0.29) is 16.9 Å². The topological polar surface area (TPSA) is 81.7 Å². The number of ether oxygens (including phenoxy) is 3. The first kappa shape index (κ1) is 26.9. The largest absolute Gasteiger partial charge is 0.493 e. The Hall–Kier alpha value is -3.10. The second kappa shape index (κ2) is 12.4. The Morgan fingerprint density at radius 3 is 2.43 bits per heavy atom. The predicted molar refractivity (Wildman–Crippen MR) is 151 cm³/mol. The van der Waals surface area contributed by atoms with E-state index < -0.39 is 0 Å². The molecule has 0 spiro atoms. The Balaban J connectivity index is 1.40. The molecule has 196 valence electrons. The summed E-state index contributed by atoms with van der Waals surface area (Å²) in [6, 6.07) is 10.6. The molecular formula is C28H32ClN3O4S. The highest BCUT2D eigenvalue weighted by molar-refractivity contribution is 7.80. The normalized spacial score (nSPS) is 17.2. The zero-order valence-corrected chi connectivity index (χ0v) is 22.9. The Kier molecular flexibility index (Phi) is 9.05. The monoisotopic (exact) mass is 541 g/mol. The second-order valence-electron chi connectivity index (χ2n) is 9.23. The van der Waals surface area contributed by atoms with Crippen molar-refractivity contribution in [2.45, 2.75) is 45.4 Å². The van der Waals surface area contributed by atoms with Gasteiger partial charge in [0.05, 0.1) is 24.8 Å². The number of fused-ring (bicyclic) bond motifs is 1. The quantitative estimate of drug-likeness (QED) is 0.294. The van der Waals surface area contributed by atoms with E-state index in [0.717, 1.165) is 37.0 Å². The van der Waals surface area contributed by atoms with Gasteiger partial charge in [-0.15, -0.1) is 0 Å². The number of nitrogens with zero attached hydrogens (tertiary/aromatic N) is 1. The van der Waals surface area contributed by atoms with Gasteiger partial charge in [-0.2, -0.15) is 0 Å². The number of halogens is 1. The van der Waals surface area contributed by atoms with E-state index >= 15 is 0 Å². The van der Waals surface area contributed by atoms with E-state index in [1.165, 1.54) is 12.8 Å². The van der Waals surface area contributed by atoms with Crippen molar-refractivity contribution in [3.63, 3.8) is 0 Å². The maximum Gasteiger partial charge on any atom is 0.229 e. The number of hydrogen-bond acceptors (Lipinski definition) is 6. The van der Waals surface area contributed by atoms with Gasteiger partial charge in [0.2, 0.25) is 5.91 Å². The van der Waals surface area contributed by atoms with E-state index in [9.17, 15) is 4.79 Å². The average molecular weight is 542 g/mol. The first-order chi connectivity index (χ1) is 17.9. The van der Waals surface area contributed by atoms with Crippen molar-refractivity contribution in [2.24, 2.45) is 11.8 Å². The summed E-state index contributed by atoms with van der Waals surface area (Å²) >= 11 is 11.9. The van der Waals surface area contributed by atoms with Gasteiger partial charge in [0.15, 0.2) is 16.6 Å². The van der Waals surface area contributed by atoms with Gasteiger partial charge in [0.25, 0.3) is 0 Å². The highest BCUT2D eigenvalue weighted by Gasteiger charge is 2.26. The van der Waals surface area contributed by atoms with E-state index in [0.29, 0.717) is 39.2 Å². The van der Waals surface area contributed by atoms with Crippen LogP contribution in [0.3, 0.4) is 0 Å². The van der Waals surface area contributed by atoms with Crippen LogP contribution in [-0.2, 0) is 4.79 Å². The lowest BCUT2D eigenvalue weighted by molar-refractivity contribution is -0.124. The molecule has 1 aliphatic rings. The molecule has 4 rings (SSSR count). The molecule has 2 aromatic carbocycles. The number of carbonyl (C=O) groups is 1. The SMILES string of the molecule is CCCC1CCC(C(=O)NC(=S)Nc2ccc(Oc3ccnc4cc(OC)c(OC)cc34)c(Cl)c2)CC1. The maximum absolute atomic E-state index is 12.7. The molecule has 1 amide bonds. The van der Waals surface area contributed by atoms with E-state index in [1.54, 1.807) is 50.7 Å². The lowest BCUT2D eigenvalue weighted by Gasteiger charge is -2.27. The molecule has 0 atom stereocenters. The van der Waals surface area contributed by atoms with E-state index in [2.05, 4.69) is 22.5 Å². The van der Waals surface area contributed by atoms with Gasteiger partial charge in [0, 0.05) is 29.3 Å². The van der Waals surface area contributed by atoms with Gasteiger partial charge >= 0.3 is 0 Å². The molecule has 1 heterocycles. The van der Waals surface area contributed by atoms with Gasteiger partial charge in [-0.3, -0.25) is 9.78 Å². The van der Waals surface area contributed by atoms with Crippen molar-refractivity contribution in [3.8, 4) is 23.0 Å². The minimum atomic E-state index is -0.0184. The fourth-order valence-corrected chi connectivity index (χ4v) is 5.25. The molecule has 0 unspecified atom stereocenters. The average Bonchev–Trinajstić information content (AvgIpc) is 2.90. The molecule has 0 radical (unpaired) electrons. The number of methoxy groups -OCH3 is 2. The van der Waals surface area contributed by atoms with Crippen molar-refractivity contribution < 1.29 is 19.0 Å². The lowest BCUT2D eigenvalue weighted by atomic mass is 9.80. The van der Waals surface area contributed by atoms with E-state index in [1.807, 2.05) is 6.07 Å². The van der Waals surface area contributed by atoms with Crippen LogP contribution < -0.4 is 24.8 Å². The zero-order valence-electron chi connectivity index (χ0n) is 21.3. The molecule has 1 aromatic heterocycles. The predicted octanol–water partition coefficient (Wildman–Crippen LogP) is 7.12. The summed E-state index contributed by atoms with van der Waals surface area (Å²) in [5, 5.41) is 7.29. The Bertz CT molecular complexity index is 1280. The minimum absolute atomic E-state index is 0.0148.